The summed E-state index contributed by atoms with van der Waals surface area (Å²) < 4.78 is 36.7. The number of carbonyl (C=O) groups is 2. The highest BCUT2D eigenvalue weighted by molar-refractivity contribution is 7.90. The standard InChI is InChI=1S/C40H47NO6SSi/c1-40(2,3)49(34-11-7-5-8-12-34,35-13-9-6-10-14-35)47-29-31-21-24-41-37(28-31)39(43)20-19-38(42)36(27-30-22-25-46-26-23-30)32-15-17-33(18-16-32)48(4,44)45/h5-18,21,24,28,30,36H,19-20,22-23,25-27,29H2,1-4H3. The van der Waals surface area contributed by atoms with Crippen LogP contribution in [0.4, 0.5) is 0 Å². The molecule has 0 bridgehead atoms. The lowest BCUT2D eigenvalue weighted by Gasteiger charge is -2.43. The Labute approximate surface area is 292 Å². The monoisotopic (exact) mass is 697 g/mol. The van der Waals surface area contributed by atoms with E-state index in [-0.39, 0.29) is 34.3 Å². The maximum Gasteiger partial charge on any atom is 0.261 e. The summed E-state index contributed by atoms with van der Waals surface area (Å²) >= 11 is 0. The number of ether oxygens (including phenoxy) is 1. The van der Waals surface area contributed by atoms with E-state index < -0.39 is 24.1 Å². The lowest BCUT2D eigenvalue weighted by atomic mass is 9.81. The van der Waals surface area contributed by atoms with E-state index in [1.807, 2.05) is 18.2 Å². The molecule has 1 aromatic heterocycles. The first-order chi connectivity index (χ1) is 23.4. The molecule has 0 aliphatic carbocycles. The van der Waals surface area contributed by atoms with E-state index in [0.29, 0.717) is 37.9 Å². The van der Waals surface area contributed by atoms with Crippen LogP contribution in [0.2, 0.25) is 5.04 Å². The van der Waals surface area contributed by atoms with E-state index in [9.17, 15) is 18.0 Å². The Morgan fingerprint density at radius 2 is 1.47 bits per heavy atom. The number of Topliss-reactive ketones (excluding diaryl/α,β-unsaturated/α-hetero) is 2. The molecule has 1 unspecified atom stereocenters. The largest absolute Gasteiger partial charge is 0.403 e. The van der Waals surface area contributed by atoms with Crippen LogP contribution >= 0.6 is 0 Å². The third-order valence-corrected chi connectivity index (χ3v) is 15.7. The molecule has 1 aliphatic rings. The number of pyridine rings is 1. The van der Waals surface area contributed by atoms with Crippen molar-refractivity contribution in [2.24, 2.45) is 5.92 Å². The average Bonchev–Trinajstić information content (AvgIpc) is 3.10. The average molecular weight is 698 g/mol. The Morgan fingerprint density at radius 1 is 0.878 bits per heavy atom. The zero-order chi connectivity index (χ0) is 35.1. The van der Waals surface area contributed by atoms with Crippen LogP contribution in [0.25, 0.3) is 0 Å². The molecule has 1 aliphatic heterocycles. The molecule has 4 aromatic rings. The highest BCUT2D eigenvalue weighted by Crippen LogP contribution is 2.37. The zero-order valence-electron chi connectivity index (χ0n) is 28.9. The first kappa shape index (κ1) is 36.5. The summed E-state index contributed by atoms with van der Waals surface area (Å²) in [5, 5.41) is 2.17. The maximum absolute atomic E-state index is 13.7. The summed E-state index contributed by atoms with van der Waals surface area (Å²) in [4.78, 5) is 31.8. The van der Waals surface area contributed by atoms with Gasteiger partial charge in [0.15, 0.2) is 15.6 Å². The van der Waals surface area contributed by atoms with Gasteiger partial charge in [0, 0.05) is 44.4 Å². The van der Waals surface area contributed by atoms with Gasteiger partial charge in [0.05, 0.1) is 11.5 Å². The van der Waals surface area contributed by atoms with Gasteiger partial charge in [-0.05, 0) is 76.0 Å². The van der Waals surface area contributed by atoms with Gasteiger partial charge in [-0.15, -0.1) is 0 Å². The van der Waals surface area contributed by atoms with Crippen LogP contribution in [0.5, 0.6) is 0 Å². The molecule has 1 saturated heterocycles. The highest BCUT2D eigenvalue weighted by atomic mass is 32.2. The Hall–Kier alpha value is -3.76. The van der Waals surface area contributed by atoms with Gasteiger partial charge in [-0.1, -0.05) is 93.6 Å². The molecule has 5 rings (SSSR count). The van der Waals surface area contributed by atoms with Gasteiger partial charge < -0.3 is 9.16 Å². The molecule has 0 radical (unpaired) electrons. The van der Waals surface area contributed by atoms with Crippen molar-refractivity contribution in [2.75, 3.05) is 19.5 Å². The van der Waals surface area contributed by atoms with Crippen molar-refractivity contribution >= 4 is 40.1 Å². The smallest absolute Gasteiger partial charge is 0.261 e. The van der Waals surface area contributed by atoms with E-state index in [1.165, 1.54) is 16.6 Å². The SMILES string of the molecule is CC(C)(C)[Si](OCc1ccnc(C(=O)CCC(=O)C(CC2CCOCC2)c2ccc(S(C)(=O)=O)cc2)c1)(c1ccccc1)c1ccccc1. The number of carbonyl (C=O) groups excluding carboxylic acids is 2. The van der Waals surface area contributed by atoms with Crippen molar-refractivity contribution < 1.29 is 27.2 Å². The molecule has 49 heavy (non-hydrogen) atoms. The number of nitrogens with zero attached hydrogens (tertiary/aromatic N) is 1. The molecular formula is C40H47NO6SSi. The summed E-state index contributed by atoms with van der Waals surface area (Å²) in [6, 6.07) is 31.1. The highest BCUT2D eigenvalue weighted by Gasteiger charge is 2.50. The lowest BCUT2D eigenvalue weighted by Crippen LogP contribution is -2.66. The van der Waals surface area contributed by atoms with Crippen LogP contribution in [-0.2, 0) is 30.4 Å². The quantitative estimate of drug-likeness (QED) is 0.107. The first-order valence-electron chi connectivity index (χ1n) is 17.0. The van der Waals surface area contributed by atoms with Crippen LogP contribution in [0.15, 0.2) is 108 Å². The zero-order valence-corrected chi connectivity index (χ0v) is 30.7. The summed E-state index contributed by atoms with van der Waals surface area (Å²) in [5.41, 5.74) is 1.94. The summed E-state index contributed by atoms with van der Waals surface area (Å²) in [6.45, 7) is 8.33. The van der Waals surface area contributed by atoms with Gasteiger partial charge in [0.25, 0.3) is 8.32 Å². The first-order valence-corrected chi connectivity index (χ1v) is 20.8. The number of aromatic nitrogens is 1. The number of sulfone groups is 1. The molecule has 0 spiro atoms. The minimum Gasteiger partial charge on any atom is -0.403 e. The van der Waals surface area contributed by atoms with E-state index in [4.69, 9.17) is 9.16 Å². The number of ketones is 2. The van der Waals surface area contributed by atoms with E-state index in [0.717, 1.165) is 24.0 Å². The minimum absolute atomic E-state index is 0.0295. The van der Waals surface area contributed by atoms with Gasteiger partial charge in [-0.3, -0.25) is 14.6 Å². The molecule has 2 heterocycles. The molecule has 1 atom stereocenters. The fourth-order valence-corrected chi connectivity index (χ4v) is 12.1. The van der Waals surface area contributed by atoms with Crippen LogP contribution in [0.1, 0.15) is 80.4 Å². The van der Waals surface area contributed by atoms with Crippen molar-refractivity contribution in [1.82, 2.24) is 4.98 Å². The van der Waals surface area contributed by atoms with E-state index in [1.54, 1.807) is 36.5 Å². The second-order valence-corrected chi connectivity index (χ2v) is 20.4. The molecule has 0 amide bonds. The van der Waals surface area contributed by atoms with E-state index >= 15 is 0 Å². The van der Waals surface area contributed by atoms with Crippen molar-refractivity contribution in [1.29, 1.82) is 0 Å². The van der Waals surface area contributed by atoms with Crippen LogP contribution in [0.3, 0.4) is 0 Å². The van der Waals surface area contributed by atoms with Gasteiger partial charge >= 0.3 is 0 Å². The van der Waals surface area contributed by atoms with Crippen molar-refractivity contribution in [3.8, 4) is 0 Å². The summed E-state index contributed by atoms with van der Waals surface area (Å²) in [7, 11) is -6.13. The molecule has 3 aromatic carbocycles. The lowest BCUT2D eigenvalue weighted by molar-refractivity contribution is -0.121. The Balaban J connectivity index is 1.32. The van der Waals surface area contributed by atoms with Gasteiger partial charge in [-0.2, -0.15) is 0 Å². The number of hydrogen-bond donors (Lipinski definition) is 0. The Kier molecular flexibility index (Phi) is 11.8. The molecular weight excluding hydrogens is 651 g/mol. The van der Waals surface area contributed by atoms with Gasteiger partial charge in [0.1, 0.15) is 11.5 Å². The summed E-state index contributed by atoms with van der Waals surface area (Å²) in [6.07, 6.45) is 5.30. The fraction of sp³-hybridized carbons (Fsp3) is 0.375. The molecule has 7 nitrogen and oxygen atoms in total. The van der Waals surface area contributed by atoms with Crippen molar-refractivity contribution in [3.05, 3.63) is 120 Å². The number of rotatable bonds is 14. The van der Waals surface area contributed by atoms with Crippen LogP contribution < -0.4 is 10.4 Å². The third kappa shape index (κ3) is 8.89. The molecule has 0 saturated carbocycles. The molecule has 1 fully saturated rings. The number of benzene rings is 3. The summed E-state index contributed by atoms with van der Waals surface area (Å²) in [5.74, 6) is -0.332. The number of hydrogen-bond acceptors (Lipinski definition) is 7. The predicted molar refractivity (Wildman–Crippen MR) is 196 cm³/mol. The van der Waals surface area contributed by atoms with Gasteiger partial charge in [-0.25, -0.2) is 8.42 Å². The third-order valence-electron chi connectivity index (χ3n) is 9.59. The topological polar surface area (TPSA) is 99.6 Å². The molecule has 0 N–H and O–H groups in total. The fourth-order valence-electron chi connectivity index (χ4n) is 6.92. The Bertz CT molecular complexity index is 1780. The van der Waals surface area contributed by atoms with Gasteiger partial charge in [0.2, 0.25) is 0 Å². The molecule has 258 valence electrons. The second kappa shape index (κ2) is 15.8. The molecule has 9 heteroatoms. The minimum atomic E-state index is -3.36. The van der Waals surface area contributed by atoms with Crippen molar-refractivity contribution in [3.63, 3.8) is 0 Å². The van der Waals surface area contributed by atoms with Crippen LogP contribution in [-0.4, -0.2) is 52.8 Å². The van der Waals surface area contributed by atoms with Crippen molar-refractivity contribution in [2.45, 2.75) is 75.3 Å². The normalized spacial score (nSPS) is 15.1. The van der Waals surface area contributed by atoms with Crippen LogP contribution in [0, 0.1) is 5.92 Å². The maximum atomic E-state index is 13.7. The Morgan fingerprint density at radius 3 is 2.02 bits per heavy atom. The second-order valence-electron chi connectivity index (χ2n) is 14.1. The predicted octanol–water partition coefficient (Wildman–Crippen LogP) is 6.69. The van der Waals surface area contributed by atoms with E-state index in [2.05, 4.69) is 74.3 Å².